The van der Waals surface area contributed by atoms with E-state index in [2.05, 4.69) is 10.4 Å². The molecule has 1 aliphatic heterocycles. The fraction of sp³-hybridized carbons (Fsp3) is 0.333. The number of rotatable bonds is 3. The Morgan fingerprint density at radius 3 is 2.62 bits per heavy atom. The number of para-hydroxylation sites is 2. The summed E-state index contributed by atoms with van der Waals surface area (Å²) in [6.07, 6.45) is 1.81. The van der Waals surface area contributed by atoms with Crippen molar-refractivity contribution in [1.29, 1.82) is 0 Å². The lowest BCUT2D eigenvalue weighted by Gasteiger charge is -2.42. The first kappa shape index (κ1) is 17.7. The largest absolute Gasteiger partial charge is 0.449 e. The molecule has 1 aromatic heterocycles. The Morgan fingerprint density at radius 1 is 1.27 bits per heavy atom. The van der Waals surface area contributed by atoms with Crippen LogP contribution in [0.25, 0.3) is 0 Å². The minimum absolute atomic E-state index is 0.253. The molecule has 0 radical (unpaired) electrons. The molecule has 8 nitrogen and oxygen atoms in total. The molecular formula is C18H20N4O4. The first-order chi connectivity index (χ1) is 12.2. The van der Waals surface area contributed by atoms with Gasteiger partial charge in [-0.1, -0.05) is 12.1 Å². The summed E-state index contributed by atoms with van der Waals surface area (Å²) >= 11 is 0. The molecule has 1 aromatic carbocycles. The maximum Gasteiger partial charge on any atom is 0.342 e. The predicted octanol–water partition coefficient (Wildman–Crippen LogP) is 1.73. The van der Waals surface area contributed by atoms with Gasteiger partial charge in [0.15, 0.2) is 6.10 Å². The van der Waals surface area contributed by atoms with Gasteiger partial charge in [0.2, 0.25) is 5.91 Å². The van der Waals surface area contributed by atoms with E-state index in [0.29, 0.717) is 11.4 Å². The van der Waals surface area contributed by atoms with Crippen LogP contribution in [-0.2, 0) is 21.4 Å². The Hall–Kier alpha value is -3.16. The fourth-order valence-corrected chi connectivity index (χ4v) is 2.83. The van der Waals surface area contributed by atoms with E-state index in [4.69, 9.17) is 4.74 Å². The molecule has 26 heavy (non-hydrogen) atoms. The summed E-state index contributed by atoms with van der Waals surface area (Å²) in [6, 6.07) is 7.00. The smallest absolute Gasteiger partial charge is 0.342 e. The number of aryl methyl sites for hydroxylation is 1. The third kappa shape index (κ3) is 2.94. The molecule has 1 aliphatic rings. The Labute approximate surface area is 150 Å². The zero-order valence-corrected chi connectivity index (χ0v) is 15.0. The summed E-state index contributed by atoms with van der Waals surface area (Å²) in [7, 11) is 1.68. The van der Waals surface area contributed by atoms with Gasteiger partial charge in [0.1, 0.15) is 5.54 Å². The maximum atomic E-state index is 13.0. The number of amides is 2. The van der Waals surface area contributed by atoms with Crippen molar-refractivity contribution in [2.45, 2.75) is 32.4 Å². The van der Waals surface area contributed by atoms with Crippen molar-refractivity contribution in [3.05, 3.63) is 42.2 Å². The van der Waals surface area contributed by atoms with E-state index >= 15 is 0 Å². The van der Waals surface area contributed by atoms with Gasteiger partial charge < -0.3 is 10.1 Å². The number of carbonyl (C=O) groups is 3. The maximum absolute atomic E-state index is 13.0. The van der Waals surface area contributed by atoms with Crippen molar-refractivity contribution in [3.8, 4) is 0 Å². The highest BCUT2D eigenvalue weighted by molar-refractivity contribution is 6.15. The quantitative estimate of drug-likeness (QED) is 0.846. The monoisotopic (exact) mass is 356 g/mol. The molecule has 8 heteroatoms. The van der Waals surface area contributed by atoms with Crippen molar-refractivity contribution in [2.24, 2.45) is 7.05 Å². The third-order valence-corrected chi connectivity index (χ3v) is 4.30. The van der Waals surface area contributed by atoms with Gasteiger partial charge in [-0.05, 0) is 32.9 Å². The van der Waals surface area contributed by atoms with Crippen LogP contribution >= 0.6 is 0 Å². The number of nitrogens with zero attached hydrogens (tertiary/aromatic N) is 3. The number of carbonyl (C=O) groups excluding carboxylic acids is 3. The zero-order chi connectivity index (χ0) is 19.1. The molecule has 2 amide bonds. The lowest BCUT2D eigenvalue weighted by atomic mass is 9.95. The number of hydrogen-bond donors (Lipinski definition) is 1. The van der Waals surface area contributed by atoms with Gasteiger partial charge in [0, 0.05) is 13.2 Å². The second kappa shape index (κ2) is 6.29. The lowest BCUT2D eigenvalue weighted by Crippen LogP contribution is -2.60. The number of anilines is 2. The molecule has 1 N–H and O–H groups in total. The molecule has 0 saturated carbocycles. The first-order valence-electron chi connectivity index (χ1n) is 8.16. The SMILES string of the molecule is CC(OC(=O)c1cnn(C)c1)C(=O)N1c2ccccc2NC(=O)C1(C)C. The highest BCUT2D eigenvalue weighted by atomic mass is 16.5. The Bertz CT molecular complexity index is 887. The fourth-order valence-electron chi connectivity index (χ4n) is 2.83. The van der Waals surface area contributed by atoms with Crippen LogP contribution in [-0.4, -0.2) is 39.2 Å². The average molecular weight is 356 g/mol. The molecule has 136 valence electrons. The minimum atomic E-state index is -1.12. The van der Waals surface area contributed by atoms with E-state index < -0.39 is 23.5 Å². The van der Waals surface area contributed by atoms with Crippen LogP contribution in [0.2, 0.25) is 0 Å². The summed E-state index contributed by atoms with van der Waals surface area (Å²) in [5.41, 5.74) is 0.228. The minimum Gasteiger partial charge on any atom is -0.449 e. The van der Waals surface area contributed by atoms with E-state index in [0.717, 1.165) is 0 Å². The van der Waals surface area contributed by atoms with Crippen LogP contribution in [0.1, 0.15) is 31.1 Å². The second-order valence-electron chi connectivity index (χ2n) is 6.65. The normalized spacial score (nSPS) is 16.5. The molecule has 1 atom stereocenters. The number of ether oxygens (including phenoxy) is 1. The van der Waals surface area contributed by atoms with Gasteiger partial charge in [-0.2, -0.15) is 5.10 Å². The van der Waals surface area contributed by atoms with Gasteiger partial charge in [-0.15, -0.1) is 0 Å². The molecular weight excluding hydrogens is 336 g/mol. The lowest BCUT2D eigenvalue weighted by molar-refractivity contribution is -0.131. The van der Waals surface area contributed by atoms with Gasteiger partial charge in [-0.3, -0.25) is 19.2 Å². The van der Waals surface area contributed by atoms with Crippen molar-refractivity contribution >= 4 is 29.2 Å². The van der Waals surface area contributed by atoms with Crippen molar-refractivity contribution in [1.82, 2.24) is 9.78 Å². The summed E-state index contributed by atoms with van der Waals surface area (Å²) in [5, 5.41) is 6.70. The predicted molar refractivity (Wildman–Crippen MR) is 94.7 cm³/mol. The number of aromatic nitrogens is 2. The van der Waals surface area contributed by atoms with Crippen molar-refractivity contribution in [3.63, 3.8) is 0 Å². The molecule has 0 bridgehead atoms. The number of benzene rings is 1. The summed E-state index contributed by atoms with van der Waals surface area (Å²) in [4.78, 5) is 39.1. The summed E-state index contributed by atoms with van der Waals surface area (Å²) in [5.74, 6) is -1.43. The Kier molecular flexibility index (Phi) is 4.27. The zero-order valence-electron chi connectivity index (χ0n) is 15.0. The molecule has 2 heterocycles. The highest BCUT2D eigenvalue weighted by Crippen LogP contribution is 2.37. The van der Waals surface area contributed by atoms with Crippen molar-refractivity contribution < 1.29 is 19.1 Å². The Balaban J connectivity index is 1.87. The molecule has 0 fully saturated rings. The molecule has 1 unspecified atom stereocenters. The molecule has 2 aromatic rings. The van der Waals surface area contributed by atoms with E-state index in [1.807, 2.05) is 0 Å². The van der Waals surface area contributed by atoms with Gasteiger partial charge in [0.05, 0.1) is 23.1 Å². The molecule has 0 spiro atoms. The van der Waals surface area contributed by atoms with Crippen LogP contribution in [0, 0.1) is 0 Å². The molecule has 3 rings (SSSR count). The summed E-state index contributed by atoms with van der Waals surface area (Å²) in [6.45, 7) is 4.78. The van der Waals surface area contributed by atoms with Crippen molar-refractivity contribution in [2.75, 3.05) is 10.2 Å². The van der Waals surface area contributed by atoms with E-state index in [9.17, 15) is 14.4 Å². The standard InChI is InChI=1S/C18H20N4O4/c1-11(26-16(24)12-9-19-21(4)10-12)15(23)22-14-8-6-5-7-13(14)20-17(25)18(22,2)3/h5-11H,1-4H3,(H,20,25). The number of hydrogen-bond acceptors (Lipinski definition) is 5. The van der Waals surface area contributed by atoms with Gasteiger partial charge in [-0.25, -0.2) is 4.79 Å². The van der Waals surface area contributed by atoms with Crippen LogP contribution in [0.5, 0.6) is 0 Å². The summed E-state index contributed by atoms with van der Waals surface area (Å²) < 4.78 is 6.76. The van der Waals surface area contributed by atoms with Crippen LogP contribution in [0.4, 0.5) is 11.4 Å². The van der Waals surface area contributed by atoms with E-state index in [-0.39, 0.29) is 11.5 Å². The van der Waals surface area contributed by atoms with Gasteiger partial charge >= 0.3 is 5.97 Å². The third-order valence-electron chi connectivity index (χ3n) is 4.30. The van der Waals surface area contributed by atoms with Crippen LogP contribution in [0.3, 0.4) is 0 Å². The number of esters is 1. The van der Waals surface area contributed by atoms with Crippen LogP contribution in [0.15, 0.2) is 36.7 Å². The average Bonchev–Trinajstić information content (AvgIpc) is 3.02. The van der Waals surface area contributed by atoms with Gasteiger partial charge in [0.25, 0.3) is 5.91 Å². The van der Waals surface area contributed by atoms with E-state index in [1.165, 1.54) is 28.9 Å². The van der Waals surface area contributed by atoms with E-state index in [1.54, 1.807) is 45.2 Å². The molecule has 0 saturated heterocycles. The topological polar surface area (TPSA) is 93.5 Å². The molecule has 0 aliphatic carbocycles. The second-order valence-corrected chi connectivity index (χ2v) is 6.65. The Morgan fingerprint density at radius 2 is 1.96 bits per heavy atom. The first-order valence-corrected chi connectivity index (χ1v) is 8.16. The highest BCUT2D eigenvalue weighted by Gasteiger charge is 2.45. The van der Waals surface area contributed by atoms with Crippen LogP contribution < -0.4 is 10.2 Å². The number of fused-ring (bicyclic) bond motifs is 1. The number of nitrogens with one attached hydrogen (secondary N) is 1.